The van der Waals surface area contributed by atoms with E-state index in [9.17, 15) is 9.18 Å². The second-order valence-corrected chi connectivity index (χ2v) is 9.24. The Bertz CT molecular complexity index is 1370. The van der Waals surface area contributed by atoms with Gasteiger partial charge in [-0.05, 0) is 61.7 Å². The van der Waals surface area contributed by atoms with E-state index in [0.29, 0.717) is 12.1 Å². The number of amides is 1. The Balaban J connectivity index is 1.28. The minimum atomic E-state index is -0.260. The Morgan fingerprint density at radius 1 is 1.06 bits per heavy atom. The van der Waals surface area contributed by atoms with Gasteiger partial charge in [-0.1, -0.05) is 0 Å². The molecule has 0 radical (unpaired) electrons. The summed E-state index contributed by atoms with van der Waals surface area (Å²) >= 11 is 0. The van der Waals surface area contributed by atoms with Crippen LogP contribution in [0, 0.1) is 12.7 Å². The maximum Gasteiger partial charge on any atom is 0.257 e. The van der Waals surface area contributed by atoms with Gasteiger partial charge in [0.05, 0.1) is 34.7 Å². The predicted molar refractivity (Wildman–Crippen MR) is 124 cm³/mol. The van der Waals surface area contributed by atoms with Crippen molar-refractivity contribution in [3.05, 3.63) is 71.9 Å². The van der Waals surface area contributed by atoms with Crippen molar-refractivity contribution < 1.29 is 9.18 Å². The van der Waals surface area contributed by atoms with E-state index in [0.717, 1.165) is 48.1 Å². The van der Waals surface area contributed by atoms with Gasteiger partial charge in [-0.25, -0.2) is 9.07 Å². The Hall–Kier alpha value is -3.68. The third-order valence-corrected chi connectivity index (χ3v) is 6.97. The minimum Gasteiger partial charge on any atom is -0.367 e. The molecule has 0 atom stereocenters. The second-order valence-electron chi connectivity index (χ2n) is 9.24. The Kier molecular flexibility index (Phi) is 4.33. The molecule has 1 amide bonds. The van der Waals surface area contributed by atoms with Crippen molar-refractivity contribution in [2.75, 3.05) is 24.5 Å². The number of aryl methyl sites for hydroxylation is 2. The number of hydrogen-bond acceptors (Lipinski definition) is 4. The molecule has 2 aromatic carbocycles. The summed E-state index contributed by atoms with van der Waals surface area (Å²) in [5.41, 5.74) is 4.73. The zero-order valence-electron chi connectivity index (χ0n) is 18.7. The van der Waals surface area contributed by atoms with Gasteiger partial charge in [0.1, 0.15) is 5.82 Å². The van der Waals surface area contributed by atoms with Gasteiger partial charge in [0.15, 0.2) is 0 Å². The first kappa shape index (κ1) is 20.0. The molecule has 1 saturated heterocycles. The highest BCUT2D eigenvalue weighted by molar-refractivity contribution is 5.95. The van der Waals surface area contributed by atoms with Crippen molar-refractivity contribution in [1.82, 2.24) is 24.5 Å². The molecule has 0 unspecified atom stereocenters. The lowest BCUT2D eigenvalue weighted by Crippen LogP contribution is -2.57. The Morgan fingerprint density at radius 2 is 1.85 bits per heavy atom. The molecule has 2 aromatic heterocycles. The number of carbonyl (C=O) groups excluding carboxylic acids is 1. The van der Waals surface area contributed by atoms with Crippen LogP contribution in [0.4, 0.5) is 10.1 Å². The summed E-state index contributed by atoms with van der Waals surface area (Å²) in [6.07, 6.45) is 7.36. The van der Waals surface area contributed by atoms with Gasteiger partial charge in [-0.3, -0.25) is 9.48 Å². The third-order valence-electron chi connectivity index (χ3n) is 6.97. The molecule has 0 bridgehead atoms. The summed E-state index contributed by atoms with van der Waals surface area (Å²) in [7, 11) is 1.83. The standard InChI is InChI=1S/C25H25FN6O/c1-17-11-23-18(13-28-32(23)21-5-3-20(26)4-6-21)12-22(17)30-9-10-31(25(16-30)7-8-25)24(33)19-14-27-29(2)15-19/h3-6,11-15H,7-10,16H2,1-2H3. The lowest BCUT2D eigenvalue weighted by atomic mass is 10.0. The number of benzene rings is 2. The number of aromatic nitrogens is 4. The minimum absolute atomic E-state index is 0.0769. The van der Waals surface area contributed by atoms with Crippen LogP contribution in [0.5, 0.6) is 0 Å². The van der Waals surface area contributed by atoms with Gasteiger partial charge in [0.25, 0.3) is 5.91 Å². The normalized spacial score (nSPS) is 17.2. The van der Waals surface area contributed by atoms with Gasteiger partial charge in [0, 0.05) is 44.0 Å². The van der Waals surface area contributed by atoms with Gasteiger partial charge < -0.3 is 9.80 Å². The lowest BCUT2D eigenvalue weighted by Gasteiger charge is -2.43. The van der Waals surface area contributed by atoms with Crippen LogP contribution in [0.3, 0.4) is 0 Å². The van der Waals surface area contributed by atoms with Crippen LogP contribution in [0.2, 0.25) is 0 Å². The molecule has 2 aliphatic rings. The van der Waals surface area contributed by atoms with Crippen LogP contribution < -0.4 is 4.90 Å². The van der Waals surface area contributed by atoms with Crippen molar-refractivity contribution in [3.63, 3.8) is 0 Å². The number of carbonyl (C=O) groups is 1. The molecule has 4 aromatic rings. The number of anilines is 1. The maximum absolute atomic E-state index is 13.3. The van der Waals surface area contributed by atoms with Crippen LogP contribution in [0.15, 0.2) is 55.0 Å². The second kappa shape index (κ2) is 7.16. The van der Waals surface area contributed by atoms with E-state index in [2.05, 4.69) is 39.1 Å². The van der Waals surface area contributed by atoms with Gasteiger partial charge in [-0.2, -0.15) is 10.2 Å². The average Bonchev–Trinajstić information content (AvgIpc) is 3.23. The van der Waals surface area contributed by atoms with Crippen LogP contribution in [-0.2, 0) is 7.05 Å². The van der Waals surface area contributed by atoms with E-state index in [1.807, 2.05) is 17.9 Å². The molecule has 0 N–H and O–H groups in total. The number of halogens is 1. The molecule has 33 heavy (non-hydrogen) atoms. The fourth-order valence-corrected chi connectivity index (χ4v) is 5.06. The molecule has 6 rings (SSSR count). The van der Waals surface area contributed by atoms with E-state index in [4.69, 9.17) is 0 Å². The van der Waals surface area contributed by atoms with Crippen molar-refractivity contribution in [2.24, 2.45) is 7.05 Å². The van der Waals surface area contributed by atoms with Crippen molar-refractivity contribution in [2.45, 2.75) is 25.3 Å². The molecular formula is C25H25FN6O. The monoisotopic (exact) mass is 444 g/mol. The SMILES string of the molecule is Cc1cc2c(cnn2-c2ccc(F)cc2)cc1N1CCN(C(=O)c2cnn(C)c2)C2(CC2)C1. The van der Waals surface area contributed by atoms with Crippen molar-refractivity contribution >= 4 is 22.5 Å². The third kappa shape index (κ3) is 3.28. The smallest absolute Gasteiger partial charge is 0.257 e. The summed E-state index contributed by atoms with van der Waals surface area (Å²) < 4.78 is 16.9. The Morgan fingerprint density at radius 3 is 2.55 bits per heavy atom. The molecule has 1 spiro atoms. The molecule has 7 nitrogen and oxygen atoms in total. The zero-order valence-corrected chi connectivity index (χ0v) is 18.7. The van der Waals surface area contributed by atoms with E-state index in [-0.39, 0.29) is 17.3 Å². The quantitative estimate of drug-likeness (QED) is 0.484. The molecule has 1 aliphatic heterocycles. The van der Waals surface area contributed by atoms with Gasteiger partial charge >= 0.3 is 0 Å². The topological polar surface area (TPSA) is 59.2 Å². The van der Waals surface area contributed by atoms with Crippen LogP contribution in [0.1, 0.15) is 28.8 Å². The van der Waals surface area contributed by atoms with E-state index in [1.165, 1.54) is 17.8 Å². The number of nitrogens with zero attached hydrogens (tertiary/aromatic N) is 6. The predicted octanol–water partition coefficient (Wildman–Crippen LogP) is 3.70. The van der Waals surface area contributed by atoms with E-state index in [1.54, 1.807) is 29.2 Å². The number of rotatable bonds is 3. The summed E-state index contributed by atoms with van der Waals surface area (Å²) in [5, 5.41) is 9.75. The zero-order chi connectivity index (χ0) is 22.7. The highest BCUT2D eigenvalue weighted by Crippen LogP contribution is 2.46. The number of fused-ring (bicyclic) bond motifs is 1. The number of piperazine rings is 1. The molecule has 168 valence electrons. The summed E-state index contributed by atoms with van der Waals surface area (Å²) in [5.74, 6) is -0.183. The Labute approximate surface area is 191 Å². The molecule has 1 aliphatic carbocycles. The molecule has 1 saturated carbocycles. The highest BCUT2D eigenvalue weighted by atomic mass is 19.1. The van der Waals surface area contributed by atoms with Crippen molar-refractivity contribution in [3.8, 4) is 5.69 Å². The summed E-state index contributed by atoms with van der Waals surface area (Å²) in [4.78, 5) is 17.6. The first-order valence-corrected chi connectivity index (χ1v) is 11.2. The van der Waals surface area contributed by atoms with Gasteiger partial charge in [-0.15, -0.1) is 0 Å². The molecular weight excluding hydrogens is 419 g/mol. The van der Waals surface area contributed by atoms with Crippen LogP contribution >= 0.6 is 0 Å². The molecule has 3 heterocycles. The number of hydrogen-bond donors (Lipinski definition) is 0. The lowest BCUT2D eigenvalue weighted by molar-refractivity contribution is 0.0624. The van der Waals surface area contributed by atoms with Crippen molar-refractivity contribution in [1.29, 1.82) is 0 Å². The van der Waals surface area contributed by atoms with Crippen LogP contribution in [0.25, 0.3) is 16.6 Å². The summed E-state index contributed by atoms with van der Waals surface area (Å²) in [6.45, 7) is 4.42. The van der Waals surface area contributed by atoms with E-state index >= 15 is 0 Å². The first-order valence-electron chi connectivity index (χ1n) is 11.2. The summed E-state index contributed by atoms with van der Waals surface area (Å²) in [6, 6.07) is 10.7. The largest absolute Gasteiger partial charge is 0.367 e. The fourth-order valence-electron chi connectivity index (χ4n) is 5.06. The fraction of sp³-hybridized carbons (Fsp3) is 0.320. The average molecular weight is 445 g/mol. The highest BCUT2D eigenvalue weighted by Gasteiger charge is 2.53. The molecule has 8 heteroatoms. The van der Waals surface area contributed by atoms with Crippen LogP contribution in [-0.4, -0.2) is 55.5 Å². The maximum atomic E-state index is 13.3. The van der Waals surface area contributed by atoms with Gasteiger partial charge in [0.2, 0.25) is 0 Å². The molecule has 2 fully saturated rings. The first-order chi connectivity index (χ1) is 15.9. The van der Waals surface area contributed by atoms with E-state index < -0.39 is 0 Å².